The molecule has 1 saturated heterocycles. The molecule has 11 heteroatoms. The summed E-state index contributed by atoms with van der Waals surface area (Å²) in [6.07, 6.45) is 6.80. The molecule has 1 N–H and O–H groups in total. The van der Waals surface area contributed by atoms with Crippen molar-refractivity contribution < 1.29 is 4.79 Å². The second kappa shape index (κ2) is 7.98. The van der Waals surface area contributed by atoms with E-state index in [1.165, 1.54) is 6.20 Å². The molecule has 0 spiro atoms. The molecule has 0 bridgehead atoms. The third-order valence-corrected chi connectivity index (χ3v) is 5.57. The molecule has 1 amide bonds. The first kappa shape index (κ1) is 20.6. The number of likely N-dealkylation sites (tertiary alicyclic amines) is 1. The van der Waals surface area contributed by atoms with Crippen LogP contribution >= 0.6 is 0 Å². The minimum Gasteiger partial charge on any atom is -0.381 e. The van der Waals surface area contributed by atoms with E-state index in [0.29, 0.717) is 30.1 Å². The Bertz CT molecular complexity index is 1390. The Balaban J connectivity index is 1.49. The summed E-state index contributed by atoms with van der Waals surface area (Å²) in [7, 11) is 0. The van der Waals surface area contributed by atoms with Gasteiger partial charge in [-0.2, -0.15) is 15.0 Å². The molecule has 1 aliphatic heterocycles. The van der Waals surface area contributed by atoms with Gasteiger partial charge in [-0.15, -0.1) is 5.10 Å². The number of aromatic nitrogens is 7. The summed E-state index contributed by atoms with van der Waals surface area (Å²) in [5.41, 5.74) is 3.52. The van der Waals surface area contributed by atoms with Crippen LogP contribution in [0.3, 0.4) is 0 Å². The quantitative estimate of drug-likeness (QED) is 0.497. The van der Waals surface area contributed by atoms with E-state index in [1.807, 2.05) is 12.3 Å². The lowest BCUT2D eigenvalue weighted by Gasteiger charge is -2.37. The molecule has 11 nitrogen and oxygen atoms in total. The average molecular weight is 442 g/mol. The van der Waals surface area contributed by atoms with Gasteiger partial charge in [0, 0.05) is 49.6 Å². The van der Waals surface area contributed by atoms with Gasteiger partial charge in [-0.05, 0) is 19.9 Å². The van der Waals surface area contributed by atoms with Gasteiger partial charge in [0.1, 0.15) is 11.8 Å². The molecular formula is C22H22N10O. The molecule has 0 saturated carbocycles. The second-order valence-electron chi connectivity index (χ2n) is 8.37. The molecule has 166 valence electrons. The van der Waals surface area contributed by atoms with E-state index in [0.717, 1.165) is 22.5 Å². The van der Waals surface area contributed by atoms with Crippen LogP contribution in [-0.2, 0) is 4.79 Å². The molecule has 4 aromatic heterocycles. The number of pyridine rings is 2. The Morgan fingerprint density at radius 3 is 2.76 bits per heavy atom. The first-order valence-corrected chi connectivity index (χ1v) is 10.6. The fourth-order valence-electron chi connectivity index (χ4n) is 3.82. The molecule has 1 aliphatic rings. The van der Waals surface area contributed by atoms with Gasteiger partial charge in [-0.3, -0.25) is 4.79 Å². The van der Waals surface area contributed by atoms with Crippen molar-refractivity contribution in [1.29, 1.82) is 5.26 Å². The van der Waals surface area contributed by atoms with Crippen LogP contribution in [0.15, 0.2) is 36.9 Å². The van der Waals surface area contributed by atoms with Gasteiger partial charge < -0.3 is 10.2 Å². The maximum absolute atomic E-state index is 11.5. The number of carbonyl (C=O) groups excluding carboxylic acids is 1. The molecule has 5 rings (SSSR count). The topological polar surface area (TPSA) is 130 Å². The Morgan fingerprint density at radius 1 is 1.21 bits per heavy atom. The SMILES string of the molecule is CC(=O)N1CC(c2cn(-c3cnc(-n4ncc5cc(C#N)cnc54)cc3NC(C)C)nn2)C1. The van der Waals surface area contributed by atoms with E-state index >= 15 is 0 Å². The fourth-order valence-corrected chi connectivity index (χ4v) is 3.82. The predicted octanol–water partition coefficient (Wildman–Crippen LogP) is 2.03. The molecule has 1 fully saturated rings. The zero-order valence-corrected chi connectivity index (χ0v) is 18.5. The Kier molecular flexibility index (Phi) is 4.97. The summed E-state index contributed by atoms with van der Waals surface area (Å²) in [6, 6.07) is 5.90. The minimum absolute atomic E-state index is 0.0753. The zero-order chi connectivity index (χ0) is 23.1. The van der Waals surface area contributed by atoms with Crippen LogP contribution in [0.25, 0.3) is 22.5 Å². The highest BCUT2D eigenvalue weighted by Gasteiger charge is 2.32. The summed E-state index contributed by atoms with van der Waals surface area (Å²) >= 11 is 0. The van der Waals surface area contributed by atoms with E-state index in [-0.39, 0.29) is 17.9 Å². The third-order valence-electron chi connectivity index (χ3n) is 5.57. The molecule has 0 atom stereocenters. The lowest BCUT2D eigenvalue weighted by atomic mass is 9.97. The number of nitrogens with zero attached hydrogens (tertiary/aromatic N) is 9. The summed E-state index contributed by atoms with van der Waals surface area (Å²) in [6.45, 7) is 7.00. The third kappa shape index (κ3) is 3.76. The molecule has 0 aromatic carbocycles. The monoisotopic (exact) mass is 442 g/mol. The Morgan fingerprint density at radius 2 is 2.03 bits per heavy atom. The number of hydrogen-bond acceptors (Lipinski definition) is 8. The standard InChI is InChI=1S/C22H22N10O/c1-13(2)27-18-5-21(32-22-16(8-26-32)4-15(6-23)7-25-22)24-9-20(18)31-12-19(28-29-31)17-10-30(11-17)14(3)33/h4-5,7-9,12-13,17H,10-11H2,1-3H3,(H,24,27). The first-order valence-electron chi connectivity index (χ1n) is 10.6. The van der Waals surface area contributed by atoms with E-state index in [4.69, 9.17) is 5.26 Å². The lowest BCUT2D eigenvalue weighted by Crippen LogP contribution is -2.47. The van der Waals surface area contributed by atoms with Crippen molar-refractivity contribution in [3.63, 3.8) is 0 Å². The summed E-state index contributed by atoms with van der Waals surface area (Å²) in [5.74, 6) is 0.855. The van der Waals surface area contributed by atoms with Crippen LogP contribution in [-0.4, -0.2) is 64.7 Å². The van der Waals surface area contributed by atoms with Gasteiger partial charge in [0.15, 0.2) is 11.5 Å². The number of anilines is 1. The molecule has 0 aliphatic carbocycles. The number of amides is 1. The van der Waals surface area contributed by atoms with Crippen molar-refractivity contribution >= 4 is 22.6 Å². The molecule has 0 unspecified atom stereocenters. The molecule has 33 heavy (non-hydrogen) atoms. The highest BCUT2D eigenvalue weighted by molar-refractivity contribution is 5.78. The minimum atomic E-state index is 0.0753. The number of hydrogen-bond donors (Lipinski definition) is 1. The Labute approximate surface area is 189 Å². The molecular weight excluding hydrogens is 420 g/mol. The average Bonchev–Trinajstić information content (AvgIpc) is 3.39. The van der Waals surface area contributed by atoms with Crippen molar-refractivity contribution in [2.75, 3.05) is 18.4 Å². The van der Waals surface area contributed by atoms with Gasteiger partial charge in [0.05, 0.1) is 35.5 Å². The molecule has 4 aromatic rings. The van der Waals surface area contributed by atoms with E-state index in [2.05, 4.69) is 50.6 Å². The van der Waals surface area contributed by atoms with Crippen molar-refractivity contribution in [1.82, 2.24) is 39.6 Å². The van der Waals surface area contributed by atoms with Gasteiger partial charge in [-0.1, -0.05) is 5.21 Å². The molecule has 0 radical (unpaired) electrons. The van der Waals surface area contributed by atoms with Gasteiger partial charge in [0.2, 0.25) is 5.91 Å². The first-order chi connectivity index (χ1) is 15.9. The number of fused-ring (bicyclic) bond motifs is 1. The van der Waals surface area contributed by atoms with Crippen LogP contribution in [0, 0.1) is 11.3 Å². The summed E-state index contributed by atoms with van der Waals surface area (Å²) in [5, 5.41) is 26.4. The largest absolute Gasteiger partial charge is 0.381 e. The highest BCUT2D eigenvalue weighted by atomic mass is 16.2. The zero-order valence-electron chi connectivity index (χ0n) is 18.5. The maximum Gasteiger partial charge on any atom is 0.219 e. The predicted molar refractivity (Wildman–Crippen MR) is 120 cm³/mol. The number of carbonyl (C=O) groups is 1. The summed E-state index contributed by atoms with van der Waals surface area (Å²) < 4.78 is 3.34. The van der Waals surface area contributed by atoms with E-state index < -0.39 is 0 Å². The van der Waals surface area contributed by atoms with E-state index in [9.17, 15) is 4.79 Å². The highest BCUT2D eigenvalue weighted by Crippen LogP contribution is 2.28. The number of nitrogens with one attached hydrogen (secondary N) is 1. The Hall–Kier alpha value is -4.33. The number of nitriles is 1. The van der Waals surface area contributed by atoms with Crippen LogP contribution in [0.2, 0.25) is 0 Å². The fraction of sp³-hybridized carbons (Fsp3) is 0.318. The lowest BCUT2D eigenvalue weighted by molar-refractivity contribution is -0.133. The van der Waals surface area contributed by atoms with E-state index in [1.54, 1.807) is 39.6 Å². The van der Waals surface area contributed by atoms with Gasteiger partial charge in [-0.25, -0.2) is 14.6 Å². The van der Waals surface area contributed by atoms with Crippen molar-refractivity contribution in [2.45, 2.75) is 32.7 Å². The van der Waals surface area contributed by atoms with Crippen LogP contribution < -0.4 is 5.32 Å². The van der Waals surface area contributed by atoms with Gasteiger partial charge >= 0.3 is 0 Å². The smallest absolute Gasteiger partial charge is 0.219 e. The summed E-state index contributed by atoms with van der Waals surface area (Å²) in [4.78, 5) is 22.2. The van der Waals surface area contributed by atoms with Crippen molar-refractivity contribution in [2.24, 2.45) is 0 Å². The van der Waals surface area contributed by atoms with Crippen molar-refractivity contribution in [3.8, 4) is 17.6 Å². The number of rotatable bonds is 5. The second-order valence-corrected chi connectivity index (χ2v) is 8.37. The van der Waals surface area contributed by atoms with Crippen LogP contribution in [0.5, 0.6) is 0 Å². The normalized spacial score (nSPS) is 13.8. The molecule has 5 heterocycles. The van der Waals surface area contributed by atoms with Crippen LogP contribution in [0.4, 0.5) is 5.69 Å². The van der Waals surface area contributed by atoms with Gasteiger partial charge in [0.25, 0.3) is 0 Å². The van der Waals surface area contributed by atoms with Crippen molar-refractivity contribution in [3.05, 3.63) is 48.2 Å². The maximum atomic E-state index is 11.5. The van der Waals surface area contributed by atoms with Crippen LogP contribution in [0.1, 0.15) is 37.9 Å².